The van der Waals surface area contributed by atoms with Crippen molar-refractivity contribution >= 4 is 0 Å². The van der Waals surface area contributed by atoms with E-state index in [0.29, 0.717) is 5.75 Å². The number of benzene rings is 1. The highest BCUT2D eigenvalue weighted by atomic mass is 19.1. The lowest BCUT2D eigenvalue weighted by Gasteiger charge is -2.24. The number of hydrogen-bond acceptors (Lipinski definition) is 4. The van der Waals surface area contributed by atoms with E-state index in [1.54, 1.807) is 13.8 Å². The summed E-state index contributed by atoms with van der Waals surface area (Å²) < 4.78 is 23.7. The summed E-state index contributed by atoms with van der Waals surface area (Å²) in [6.07, 6.45) is 0. The zero-order chi connectivity index (χ0) is 11.9. The van der Waals surface area contributed by atoms with Crippen LogP contribution in [0, 0.1) is 5.82 Å². The number of halogens is 1. The number of phenolic OH excluding ortho intramolecular Hbond substituents is 1. The van der Waals surface area contributed by atoms with Gasteiger partial charge in [0.2, 0.25) is 6.79 Å². The molecule has 5 heteroatoms. The van der Waals surface area contributed by atoms with Crippen molar-refractivity contribution in [2.45, 2.75) is 19.3 Å². The van der Waals surface area contributed by atoms with Crippen LogP contribution in [0.2, 0.25) is 0 Å². The Kier molecular flexibility index (Phi) is 2.42. The van der Waals surface area contributed by atoms with Crippen molar-refractivity contribution in [3.05, 3.63) is 17.4 Å². The molecule has 16 heavy (non-hydrogen) atoms. The molecule has 1 aliphatic rings. The van der Waals surface area contributed by atoms with Crippen molar-refractivity contribution in [3.63, 3.8) is 0 Å². The van der Waals surface area contributed by atoms with E-state index < -0.39 is 17.0 Å². The van der Waals surface area contributed by atoms with Gasteiger partial charge in [0.1, 0.15) is 0 Å². The van der Waals surface area contributed by atoms with Crippen molar-refractivity contribution in [3.8, 4) is 17.2 Å². The fourth-order valence-corrected chi connectivity index (χ4v) is 1.71. The molecule has 0 atom stereocenters. The fraction of sp³-hybridized carbons (Fsp3) is 0.455. The Bertz CT molecular complexity index is 428. The molecule has 0 radical (unpaired) electrons. The van der Waals surface area contributed by atoms with Gasteiger partial charge in [-0.15, -0.1) is 0 Å². The first-order chi connectivity index (χ1) is 7.47. The Morgan fingerprint density at radius 2 is 2.12 bits per heavy atom. The molecule has 1 aliphatic heterocycles. The summed E-state index contributed by atoms with van der Waals surface area (Å²) in [7, 11) is 0. The molecule has 2 N–H and O–H groups in total. The first-order valence-corrected chi connectivity index (χ1v) is 4.90. The maximum Gasteiger partial charge on any atom is 0.231 e. The molecule has 2 rings (SSSR count). The van der Waals surface area contributed by atoms with Crippen LogP contribution in [-0.2, 0) is 5.41 Å². The van der Waals surface area contributed by atoms with Gasteiger partial charge in [0.25, 0.3) is 0 Å². The van der Waals surface area contributed by atoms with Crippen LogP contribution in [0.1, 0.15) is 19.4 Å². The molecule has 88 valence electrons. The van der Waals surface area contributed by atoms with E-state index in [-0.39, 0.29) is 24.7 Å². The lowest BCUT2D eigenvalue weighted by atomic mass is 9.84. The Morgan fingerprint density at radius 1 is 1.44 bits per heavy atom. The summed E-state index contributed by atoms with van der Waals surface area (Å²) in [6.45, 7) is 3.12. The minimum absolute atomic E-state index is 0.00721. The zero-order valence-electron chi connectivity index (χ0n) is 9.08. The van der Waals surface area contributed by atoms with E-state index in [9.17, 15) is 14.6 Å². The third kappa shape index (κ3) is 1.48. The van der Waals surface area contributed by atoms with Crippen LogP contribution < -0.4 is 9.47 Å². The molecule has 0 saturated heterocycles. The molecule has 0 spiro atoms. The summed E-state index contributed by atoms with van der Waals surface area (Å²) in [4.78, 5) is 0. The third-order valence-corrected chi connectivity index (χ3v) is 2.66. The maximum atomic E-state index is 13.4. The van der Waals surface area contributed by atoms with Crippen molar-refractivity contribution in [2.75, 3.05) is 13.4 Å². The van der Waals surface area contributed by atoms with Crippen LogP contribution in [0.15, 0.2) is 6.07 Å². The van der Waals surface area contributed by atoms with Crippen LogP contribution in [0.4, 0.5) is 4.39 Å². The topological polar surface area (TPSA) is 58.9 Å². The van der Waals surface area contributed by atoms with E-state index in [1.165, 1.54) is 0 Å². The number of ether oxygens (including phenoxy) is 2. The molecule has 0 unspecified atom stereocenters. The fourth-order valence-electron chi connectivity index (χ4n) is 1.71. The Morgan fingerprint density at radius 3 is 2.75 bits per heavy atom. The van der Waals surface area contributed by atoms with E-state index in [0.717, 1.165) is 6.07 Å². The van der Waals surface area contributed by atoms with Gasteiger partial charge >= 0.3 is 0 Å². The van der Waals surface area contributed by atoms with Gasteiger partial charge in [-0.05, 0) is 0 Å². The molecule has 0 bridgehead atoms. The quantitative estimate of drug-likeness (QED) is 0.806. The van der Waals surface area contributed by atoms with E-state index in [2.05, 4.69) is 0 Å². The summed E-state index contributed by atoms with van der Waals surface area (Å²) in [5, 5.41) is 19.0. The van der Waals surface area contributed by atoms with Gasteiger partial charge in [-0.3, -0.25) is 0 Å². The van der Waals surface area contributed by atoms with Crippen LogP contribution in [0.25, 0.3) is 0 Å². The third-order valence-electron chi connectivity index (χ3n) is 2.66. The molecular formula is C11H13FO4. The number of aliphatic hydroxyl groups is 1. The molecule has 4 nitrogen and oxygen atoms in total. The number of phenols is 1. The minimum Gasteiger partial charge on any atom is -0.505 e. The second-order valence-electron chi connectivity index (χ2n) is 4.36. The summed E-state index contributed by atoms with van der Waals surface area (Å²) in [5.41, 5.74) is -0.563. The Labute approximate surface area is 92.2 Å². The predicted octanol–water partition coefficient (Wildman–Crippen LogP) is 1.53. The lowest BCUT2D eigenvalue weighted by Crippen LogP contribution is -2.23. The number of rotatable bonds is 2. The van der Waals surface area contributed by atoms with Crippen LogP contribution in [0.3, 0.4) is 0 Å². The van der Waals surface area contributed by atoms with E-state index in [1.807, 2.05) is 0 Å². The van der Waals surface area contributed by atoms with Crippen LogP contribution in [0.5, 0.6) is 17.2 Å². The number of hydrogen-bond donors (Lipinski definition) is 2. The molecule has 0 aliphatic carbocycles. The highest BCUT2D eigenvalue weighted by Gasteiger charge is 2.34. The highest BCUT2D eigenvalue weighted by molar-refractivity contribution is 5.58. The summed E-state index contributed by atoms with van der Waals surface area (Å²) in [5.74, 6) is -0.714. The molecule has 0 aromatic heterocycles. The van der Waals surface area contributed by atoms with Crippen molar-refractivity contribution in [2.24, 2.45) is 0 Å². The van der Waals surface area contributed by atoms with Gasteiger partial charge in [-0.1, -0.05) is 13.8 Å². The van der Waals surface area contributed by atoms with Crippen molar-refractivity contribution in [1.29, 1.82) is 0 Å². The largest absolute Gasteiger partial charge is 0.505 e. The zero-order valence-corrected chi connectivity index (χ0v) is 9.08. The molecule has 0 amide bonds. The van der Waals surface area contributed by atoms with Crippen molar-refractivity contribution < 1.29 is 24.1 Å². The van der Waals surface area contributed by atoms with Gasteiger partial charge in [0, 0.05) is 11.5 Å². The molecule has 0 fully saturated rings. The van der Waals surface area contributed by atoms with E-state index >= 15 is 0 Å². The van der Waals surface area contributed by atoms with Gasteiger partial charge in [0.05, 0.1) is 12.2 Å². The molecule has 1 aromatic carbocycles. The molecular weight excluding hydrogens is 215 g/mol. The van der Waals surface area contributed by atoms with Crippen molar-refractivity contribution in [1.82, 2.24) is 0 Å². The van der Waals surface area contributed by atoms with Crippen LogP contribution >= 0.6 is 0 Å². The maximum absolute atomic E-state index is 13.4. The first kappa shape index (κ1) is 11.0. The summed E-state index contributed by atoms with van der Waals surface area (Å²) in [6, 6.07) is 1.08. The number of aliphatic hydroxyl groups excluding tert-OH is 1. The Hall–Kier alpha value is -1.49. The SMILES string of the molecule is CC(C)(CO)c1c(O)c(F)cc2c1OCO2. The standard InChI is InChI=1S/C11H13FO4/c1-11(2,4-13)8-9(14)6(12)3-7-10(8)16-5-15-7/h3,13-14H,4-5H2,1-2H3. The average molecular weight is 228 g/mol. The van der Waals surface area contributed by atoms with Gasteiger partial charge in [0.15, 0.2) is 23.1 Å². The first-order valence-electron chi connectivity index (χ1n) is 4.90. The second kappa shape index (κ2) is 3.52. The number of aromatic hydroxyl groups is 1. The summed E-state index contributed by atoms with van der Waals surface area (Å²) >= 11 is 0. The van der Waals surface area contributed by atoms with E-state index in [4.69, 9.17) is 9.47 Å². The average Bonchev–Trinajstić information content (AvgIpc) is 2.66. The Balaban J connectivity index is 2.68. The van der Waals surface area contributed by atoms with Gasteiger partial charge in [-0.25, -0.2) is 4.39 Å². The highest BCUT2D eigenvalue weighted by Crippen LogP contribution is 2.47. The predicted molar refractivity (Wildman–Crippen MR) is 54.3 cm³/mol. The molecule has 1 aromatic rings. The minimum atomic E-state index is -0.802. The van der Waals surface area contributed by atoms with Gasteiger partial charge < -0.3 is 19.7 Å². The second-order valence-corrected chi connectivity index (χ2v) is 4.36. The normalized spacial score (nSPS) is 14.2. The monoisotopic (exact) mass is 228 g/mol. The smallest absolute Gasteiger partial charge is 0.231 e. The number of fused-ring (bicyclic) bond motifs is 1. The van der Waals surface area contributed by atoms with Crippen LogP contribution in [-0.4, -0.2) is 23.6 Å². The lowest BCUT2D eigenvalue weighted by molar-refractivity contribution is 0.168. The molecule has 1 heterocycles. The molecule has 0 saturated carbocycles. The van der Waals surface area contributed by atoms with Gasteiger partial charge in [-0.2, -0.15) is 0 Å².